The largest absolute Gasteiger partial charge is 0.238 e. The van der Waals surface area contributed by atoms with Crippen LogP contribution in [0.15, 0.2) is 0 Å². The quantitative estimate of drug-likeness (QED) is 0.305. The van der Waals surface area contributed by atoms with Gasteiger partial charge in [-0.2, -0.15) is 0 Å². The molecule has 3 heteroatoms. The minimum Gasteiger partial charge on any atom is -0.238 e. The fourth-order valence-corrected chi connectivity index (χ4v) is 0. The summed E-state index contributed by atoms with van der Waals surface area (Å²) in [4.78, 5) is 0. The summed E-state index contributed by atoms with van der Waals surface area (Å²) >= 11 is 3.74. The van der Waals surface area contributed by atoms with Crippen molar-refractivity contribution in [3.8, 4) is 0 Å². The molecule has 0 spiro atoms. The Kier molecular flexibility index (Phi) is 1.98. The van der Waals surface area contributed by atoms with E-state index < -0.39 is 0 Å². The molecule has 0 atom stereocenters. The molecular formula is CH4B2S. The molecule has 0 nitrogen and oxygen atoms in total. The molecule has 0 rings (SSSR count). The van der Waals surface area contributed by atoms with Crippen molar-refractivity contribution in [2.75, 3.05) is 0 Å². The molecule has 2 radical (unpaired) electrons. The first-order valence-electron chi connectivity index (χ1n) is 1.17. The molecule has 0 aromatic rings. The van der Waals surface area contributed by atoms with E-state index in [0.29, 0.717) is 0 Å². The first kappa shape index (κ1) is 4.48. The average Bonchev–Trinajstić information content (AvgIpc) is 0.811. The molecule has 0 fully saturated rings. The monoisotopic (exact) mass is 70.0 g/mol. The molecule has 0 amide bonds. The van der Waals surface area contributed by atoms with Gasteiger partial charge in [-0.1, -0.05) is 6.82 Å². The van der Waals surface area contributed by atoms with Crippen LogP contribution < -0.4 is 0 Å². The van der Waals surface area contributed by atoms with E-state index in [1.54, 1.807) is 0 Å². The van der Waals surface area contributed by atoms with Crippen LogP contribution in [-0.4, -0.2) is 13.6 Å². The minimum atomic E-state index is 0.0278. The highest BCUT2D eigenvalue weighted by molar-refractivity contribution is 8.15. The van der Waals surface area contributed by atoms with E-state index in [0.717, 1.165) is 0 Å². The fourth-order valence-electron chi connectivity index (χ4n) is 0. The molecule has 0 aromatic carbocycles. The SMILES string of the molecule is [B]B(C)S. The smallest absolute Gasteiger partial charge is 0.151 e. The molecule has 0 aromatic heterocycles. The van der Waals surface area contributed by atoms with E-state index in [2.05, 4.69) is 12.5 Å². The van der Waals surface area contributed by atoms with Gasteiger partial charge in [0.1, 0.15) is 0 Å². The van der Waals surface area contributed by atoms with Gasteiger partial charge >= 0.3 is 0 Å². The van der Waals surface area contributed by atoms with Crippen molar-refractivity contribution in [3.63, 3.8) is 0 Å². The lowest BCUT2D eigenvalue weighted by Gasteiger charge is -1.71. The van der Waals surface area contributed by atoms with Crippen molar-refractivity contribution in [1.82, 2.24) is 0 Å². The molecule has 0 saturated heterocycles. The first-order chi connectivity index (χ1) is 1.73. The number of hydrogen-bond acceptors (Lipinski definition) is 1. The van der Waals surface area contributed by atoms with Crippen LogP contribution in [0.5, 0.6) is 0 Å². The Hall–Kier alpha value is 0.480. The van der Waals surface area contributed by atoms with Crippen molar-refractivity contribution < 1.29 is 0 Å². The Morgan fingerprint density at radius 3 is 2.00 bits per heavy atom. The van der Waals surface area contributed by atoms with Gasteiger partial charge in [-0.25, -0.2) is 12.5 Å². The Bertz CT molecular complexity index is 10.8. The number of hydrogen-bond donors (Lipinski definition) is 1. The molecule has 0 unspecified atom stereocenters. The lowest BCUT2D eigenvalue weighted by molar-refractivity contribution is 2.35. The average molecular weight is 69.7 g/mol. The molecule has 20 valence electrons. The maximum absolute atomic E-state index is 4.98. The summed E-state index contributed by atoms with van der Waals surface area (Å²) in [6.45, 7) is 1.81. The lowest BCUT2D eigenvalue weighted by atomic mass is 9.56. The van der Waals surface area contributed by atoms with E-state index in [1.807, 2.05) is 6.82 Å². The molecule has 4 heavy (non-hydrogen) atoms. The van der Waals surface area contributed by atoms with Crippen LogP contribution in [0.3, 0.4) is 0 Å². The van der Waals surface area contributed by atoms with Crippen LogP contribution >= 0.6 is 12.5 Å². The molecule has 0 heterocycles. The van der Waals surface area contributed by atoms with Crippen LogP contribution in [0.25, 0.3) is 0 Å². The molecule has 0 aliphatic carbocycles. The van der Waals surface area contributed by atoms with Crippen molar-refractivity contribution in [3.05, 3.63) is 0 Å². The number of rotatable bonds is 0. The lowest BCUT2D eigenvalue weighted by Crippen LogP contribution is -1.90. The Balaban J connectivity index is 2.32. The molecule has 0 N–H and O–H groups in total. The van der Waals surface area contributed by atoms with Crippen LogP contribution in [0.1, 0.15) is 0 Å². The third-order valence-corrected chi connectivity index (χ3v) is 0. The minimum absolute atomic E-state index is 0.0278. The van der Waals surface area contributed by atoms with Crippen molar-refractivity contribution in [1.29, 1.82) is 0 Å². The first-order valence-corrected chi connectivity index (χ1v) is 1.69. The zero-order chi connectivity index (χ0) is 3.58. The van der Waals surface area contributed by atoms with Gasteiger partial charge in [-0.3, -0.25) is 0 Å². The summed E-state index contributed by atoms with van der Waals surface area (Å²) in [7, 11) is 4.98. The van der Waals surface area contributed by atoms with Crippen LogP contribution in [0.4, 0.5) is 0 Å². The zero-order valence-electron chi connectivity index (χ0n) is 2.60. The Morgan fingerprint density at radius 2 is 2.00 bits per heavy atom. The van der Waals surface area contributed by atoms with Crippen molar-refractivity contribution in [2.45, 2.75) is 6.82 Å². The zero-order valence-corrected chi connectivity index (χ0v) is 3.50. The number of thiol groups is 1. The second kappa shape index (κ2) is 1.77. The highest BCUT2D eigenvalue weighted by Crippen LogP contribution is 1.71. The van der Waals surface area contributed by atoms with E-state index in [4.69, 9.17) is 7.74 Å². The van der Waals surface area contributed by atoms with Gasteiger partial charge in [-0.05, 0) is 0 Å². The van der Waals surface area contributed by atoms with Gasteiger partial charge in [0.15, 0.2) is 5.88 Å². The molecule has 0 bridgehead atoms. The van der Waals surface area contributed by atoms with E-state index in [-0.39, 0.29) is 5.88 Å². The normalized spacial score (nSPS) is 6.50. The third-order valence-electron chi connectivity index (χ3n) is 0. The van der Waals surface area contributed by atoms with Gasteiger partial charge < -0.3 is 0 Å². The van der Waals surface area contributed by atoms with Gasteiger partial charge in [0, 0.05) is 7.74 Å². The van der Waals surface area contributed by atoms with E-state index in [1.165, 1.54) is 0 Å². The Labute approximate surface area is 33.7 Å². The molecule has 0 aliphatic rings. The van der Waals surface area contributed by atoms with Gasteiger partial charge in [0.2, 0.25) is 0 Å². The predicted molar refractivity (Wildman–Crippen MR) is 26.4 cm³/mol. The second-order valence-electron chi connectivity index (χ2n) is 0.741. The molecular weight excluding hydrogens is 65.7 g/mol. The van der Waals surface area contributed by atoms with Crippen LogP contribution in [0.2, 0.25) is 6.82 Å². The van der Waals surface area contributed by atoms with Gasteiger partial charge in [0.05, 0.1) is 0 Å². The second-order valence-corrected chi connectivity index (χ2v) is 1.56. The summed E-state index contributed by atoms with van der Waals surface area (Å²) in [6.07, 6.45) is 0. The van der Waals surface area contributed by atoms with Crippen LogP contribution in [0, 0.1) is 0 Å². The maximum atomic E-state index is 4.98. The van der Waals surface area contributed by atoms with Gasteiger partial charge in [0.25, 0.3) is 0 Å². The third kappa shape index (κ3) is 23.6. The molecule has 0 saturated carbocycles. The Morgan fingerprint density at radius 1 is 2.00 bits per heavy atom. The standard InChI is InChI=1S/CH4B2S/c1-3(2)4/h4H,1H3. The maximum Gasteiger partial charge on any atom is 0.151 e. The van der Waals surface area contributed by atoms with E-state index in [9.17, 15) is 0 Å². The highest BCUT2D eigenvalue weighted by Gasteiger charge is 1.77. The fraction of sp³-hybridized carbons (Fsp3) is 1.00. The van der Waals surface area contributed by atoms with Crippen LogP contribution in [-0.2, 0) is 0 Å². The molecule has 0 aliphatic heterocycles. The summed E-state index contributed by atoms with van der Waals surface area (Å²) in [5.41, 5.74) is 0. The van der Waals surface area contributed by atoms with E-state index >= 15 is 0 Å². The predicted octanol–water partition coefficient (Wildman–Crippen LogP) is 0.203. The summed E-state index contributed by atoms with van der Waals surface area (Å²) in [5.74, 6) is 0.0278. The highest BCUT2D eigenvalue weighted by atomic mass is 32.1. The van der Waals surface area contributed by atoms with Crippen molar-refractivity contribution in [2.24, 2.45) is 0 Å². The summed E-state index contributed by atoms with van der Waals surface area (Å²) < 4.78 is 0. The van der Waals surface area contributed by atoms with Crippen molar-refractivity contribution >= 4 is 26.1 Å². The topological polar surface area (TPSA) is 0 Å². The van der Waals surface area contributed by atoms with Gasteiger partial charge in [-0.15, -0.1) is 0 Å². The summed E-state index contributed by atoms with van der Waals surface area (Å²) in [6, 6.07) is 0. The summed E-state index contributed by atoms with van der Waals surface area (Å²) in [5, 5.41) is 0.